The summed E-state index contributed by atoms with van der Waals surface area (Å²) in [5, 5.41) is 0. The molecule has 56 heavy (non-hydrogen) atoms. The molecule has 0 nitrogen and oxygen atoms in total. The molecule has 0 amide bonds. The van der Waals surface area contributed by atoms with E-state index in [0.717, 1.165) is 12.8 Å². The number of allylic oxidation sites excluding steroid dienone is 2. The van der Waals surface area contributed by atoms with Crippen molar-refractivity contribution in [2.75, 3.05) is 0 Å². The van der Waals surface area contributed by atoms with Crippen molar-refractivity contribution in [2.45, 2.75) is 149 Å². The van der Waals surface area contributed by atoms with Crippen molar-refractivity contribution in [2.24, 2.45) is 0 Å². The first-order chi connectivity index (χ1) is 27.2. The van der Waals surface area contributed by atoms with Gasteiger partial charge in [0.1, 0.15) is 0 Å². The number of fused-ring (bicyclic) bond motifs is 2. The second-order valence-corrected chi connectivity index (χ2v) is 60.9. The number of hydrogen-bond acceptors (Lipinski definition) is 0. The van der Waals surface area contributed by atoms with Gasteiger partial charge >= 0.3 is 351 Å². The van der Waals surface area contributed by atoms with E-state index in [9.17, 15) is 0 Å². The molecule has 2 unspecified atom stereocenters. The fourth-order valence-electron chi connectivity index (χ4n) is 11.5. The van der Waals surface area contributed by atoms with Crippen LogP contribution in [0.3, 0.4) is 0 Å². The standard InChI is InChI=1S/2C25H29.C2H7Si.2ClH.Zr/c2*1-2-3-8-19-17-23-11-7-12-24(25(23)18-19)22-15-13-21(14-16-22)20-9-5-4-6-10-20;1-3-2;;;/h2*7,11-18,20H,2-6,8-10H2,1H3;3H,1-2H3;2*1H;/q;;;;;+2/p-2. The molecule has 0 N–H and O–H groups in total. The average molecular weight is 880 g/mol. The molecular weight excluding hydrogens is 815 g/mol. The van der Waals surface area contributed by atoms with E-state index in [-0.39, 0.29) is 7.25 Å². The molecule has 4 aromatic carbocycles. The first kappa shape index (κ1) is 40.8. The van der Waals surface area contributed by atoms with Crippen molar-refractivity contribution in [1.82, 2.24) is 0 Å². The first-order valence-corrected chi connectivity index (χ1v) is 39.0. The Balaban J connectivity index is 1.23. The Kier molecular flexibility index (Phi) is 12.6. The molecule has 0 saturated heterocycles. The maximum atomic E-state index is 8.91. The van der Waals surface area contributed by atoms with Crippen LogP contribution in [0.4, 0.5) is 0 Å². The van der Waals surface area contributed by atoms with Crippen LogP contribution >= 0.6 is 17.0 Å². The van der Waals surface area contributed by atoms with Gasteiger partial charge in [-0.25, -0.2) is 0 Å². The number of unbranched alkanes of at least 4 members (excludes halogenated alkanes) is 2. The van der Waals surface area contributed by atoms with Crippen molar-refractivity contribution in [3.63, 3.8) is 0 Å². The van der Waals surface area contributed by atoms with Crippen molar-refractivity contribution in [3.8, 4) is 22.3 Å². The molecule has 0 aliphatic heterocycles. The molecule has 0 spiro atoms. The zero-order chi connectivity index (χ0) is 38.9. The molecule has 2 atom stereocenters. The second kappa shape index (κ2) is 17.3. The third kappa shape index (κ3) is 7.55. The normalized spacial score (nSPS) is 21.0. The summed E-state index contributed by atoms with van der Waals surface area (Å²) in [7, 11) is 17.8. The van der Waals surface area contributed by atoms with E-state index in [1.165, 1.54) is 157 Å². The summed E-state index contributed by atoms with van der Waals surface area (Å²) in [6, 6.07) is 33.5. The number of benzene rings is 4. The van der Waals surface area contributed by atoms with Gasteiger partial charge in [-0.15, -0.1) is 0 Å². The fourth-order valence-corrected chi connectivity index (χ4v) is 43.0. The molecule has 8 rings (SSSR count). The van der Waals surface area contributed by atoms with Gasteiger partial charge < -0.3 is 0 Å². The monoisotopic (exact) mass is 877 g/mol. The zero-order valence-electron chi connectivity index (χ0n) is 34.7. The summed E-state index contributed by atoms with van der Waals surface area (Å²) in [6.45, 7) is 9.67. The van der Waals surface area contributed by atoms with E-state index in [4.69, 9.17) is 17.0 Å². The van der Waals surface area contributed by atoms with E-state index >= 15 is 0 Å². The van der Waals surface area contributed by atoms with E-state index in [1.807, 2.05) is 0 Å². The Morgan fingerprint density at radius 3 is 1.29 bits per heavy atom. The van der Waals surface area contributed by atoms with E-state index < -0.39 is 21.5 Å². The minimum absolute atomic E-state index is 0.133. The van der Waals surface area contributed by atoms with Crippen LogP contribution in [-0.4, -0.2) is 5.92 Å². The molecule has 4 aliphatic carbocycles. The van der Waals surface area contributed by atoms with Crippen LogP contribution in [0, 0.1) is 0 Å². The Bertz CT molecular complexity index is 1920. The van der Waals surface area contributed by atoms with Crippen molar-refractivity contribution >= 4 is 35.1 Å². The third-order valence-electron chi connectivity index (χ3n) is 14.7. The van der Waals surface area contributed by atoms with Gasteiger partial charge in [-0.3, -0.25) is 0 Å². The molecule has 4 aliphatic rings. The van der Waals surface area contributed by atoms with Crippen molar-refractivity contribution in [1.29, 1.82) is 0 Å². The summed E-state index contributed by atoms with van der Waals surface area (Å²) in [5.41, 5.74) is 17.0. The topological polar surface area (TPSA) is 0 Å². The molecular formula is C52H65Cl2SiZr. The quantitative estimate of drug-likeness (QED) is 0.117. The van der Waals surface area contributed by atoms with Gasteiger partial charge in [0.25, 0.3) is 0 Å². The first-order valence-electron chi connectivity index (χ1n) is 22.7. The van der Waals surface area contributed by atoms with E-state index in [0.29, 0.717) is 11.8 Å². The molecule has 295 valence electrons. The van der Waals surface area contributed by atoms with Gasteiger partial charge in [0.2, 0.25) is 0 Å². The van der Waals surface area contributed by atoms with Gasteiger partial charge in [0.05, 0.1) is 0 Å². The number of halogens is 2. The predicted octanol–water partition coefficient (Wildman–Crippen LogP) is 17.1. The summed E-state index contributed by atoms with van der Waals surface area (Å²) < 4.78 is 0.266. The summed E-state index contributed by atoms with van der Waals surface area (Å²) in [5.74, 6) is -0.220. The van der Waals surface area contributed by atoms with Gasteiger partial charge in [-0.2, -0.15) is 0 Å². The minimum atomic E-state index is -4.89. The van der Waals surface area contributed by atoms with Crippen LogP contribution in [0.5, 0.6) is 0 Å². The molecule has 2 saturated carbocycles. The van der Waals surface area contributed by atoms with Crippen LogP contribution in [0.25, 0.3) is 34.4 Å². The third-order valence-corrected chi connectivity index (χ3v) is 66.6. The van der Waals surface area contributed by atoms with Gasteiger partial charge in [-0.05, 0) is 0 Å². The van der Waals surface area contributed by atoms with Crippen LogP contribution in [0.2, 0.25) is 13.1 Å². The summed E-state index contributed by atoms with van der Waals surface area (Å²) in [4.78, 5) is 0. The predicted molar refractivity (Wildman–Crippen MR) is 246 cm³/mol. The van der Waals surface area contributed by atoms with Gasteiger partial charge in [-0.1, -0.05) is 0 Å². The van der Waals surface area contributed by atoms with Crippen LogP contribution in [0.1, 0.15) is 169 Å². The second-order valence-electron chi connectivity index (χ2n) is 18.4. The van der Waals surface area contributed by atoms with Gasteiger partial charge in [0, 0.05) is 0 Å². The number of rotatable bonds is 13. The molecule has 0 aromatic heterocycles. The maximum absolute atomic E-state index is 8.91. The molecule has 2 fully saturated rings. The van der Waals surface area contributed by atoms with Crippen molar-refractivity contribution in [3.05, 3.63) is 129 Å². The van der Waals surface area contributed by atoms with Crippen LogP contribution < -0.4 is 0 Å². The summed E-state index contributed by atoms with van der Waals surface area (Å²) >= 11 is -4.89. The summed E-state index contributed by atoms with van der Waals surface area (Å²) in [6.07, 6.45) is 25.5. The van der Waals surface area contributed by atoms with Gasteiger partial charge in [0.15, 0.2) is 0 Å². The zero-order valence-corrected chi connectivity index (χ0v) is 39.8. The fraction of sp³-hybridized carbons (Fsp3) is 0.462. The molecule has 0 heterocycles. The molecule has 4 heteroatoms. The number of hydrogen-bond donors (Lipinski definition) is 0. The Labute approximate surface area is 348 Å². The SMILES string of the molecule is CCCCC1=Cc2c(-c3ccc(C4CCCCC4)cc3)cccc2[CH]1[Zr]([Cl])([Cl])([CH]1C(CCCC)=Cc2c(-c3ccc(C4CCCCC4)cc3)cccc21)[SiH](C)C. The van der Waals surface area contributed by atoms with Crippen molar-refractivity contribution < 1.29 is 15.6 Å². The van der Waals surface area contributed by atoms with E-state index in [1.54, 1.807) is 0 Å². The Morgan fingerprint density at radius 1 is 0.536 bits per heavy atom. The molecule has 0 radical (unpaired) electrons. The average Bonchev–Trinajstić information content (AvgIpc) is 3.83. The van der Waals surface area contributed by atoms with E-state index in [2.05, 4.69) is 124 Å². The molecule has 0 bridgehead atoms. The Hall–Kier alpha value is -1.96. The van der Waals surface area contributed by atoms with Crippen LogP contribution in [0.15, 0.2) is 96.1 Å². The molecule has 4 aromatic rings. The Morgan fingerprint density at radius 2 is 0.929 bits per heavy atom. The van der Waals surface area contributed by atoms with Crippen LogP contribution in [-0.2, 0) is 15.6 Å².